The van der Waals surface area contributed by atoms with Gasteiger partial charge in [-0.1, -0.05) is 71.3 Å². The second-order valence-corrected chi connectivity index (χ2v) is 9.94. The van der Waals surface area contributed by atoms with Gasteiger partial charge in [0.05, 0.1) is 16.1 Å². The summed E-state index contributed by atoms with van der Waals surface area (Å²) in [6, 6.07) is 22.5. The quantitative estimate of drug-likeness (QED) is 0.387. The number of carbonyl (C=O) groups is 1. The minimum Gasteiger partial charge on any atom is -0.342 e. The zero-order valence-electron chi connectivity index (χ0n) is 19.5. The Morgan fingerprint density at radius 2 is 1.83 bits per heavy atom. The Hall–Kier alpha value is -3.70. The number of fused-ring (bicyclic) bond motifs is 2. The lowest BCUT2D eigenvalue weighted by atomic mass is 9.73. The summed E-state index contributed by atoms with van der Waals surface area (Å²) < 4.78 is 1.76. The Kier molecular flexibility index (Phi) is 5.30. The highest BCUT2D eigenvalue weighted by Gasteiger charge is 2.41. The molecule has 1 heterocycles. The molecule has 4 aromatic rings. The minimum absolute atomic E-state index is 0.166. The number of allylic oxidation sites excluding steroid dienone is 1. The largest absolute Gasteiger partial charge is 0.342 e. The predicted molar refractivity (Wildman–Crippen MR) is 138 cm³/mol. The van der Waals surface area contributed by atoms with Gasteiger partial charge in [0, 0.05) is 12.1 Å². The Morgan fingerprint density at radius 1 is 1.03 bits per heavy atom. The highest BCUT2D eigenvalue weighted by atomic mass is 35.5. The molecular formula is C29H25ClN4O. The van der Waals surface area contributed by atoms with E-state index >= 15 is 0 Å². The molecule has 0 saturated heterocycles. The third-order valence-corrected chi connectivity index (χ3v) is 7.65. The summed E-state index contributed by atoms with van der Waals surface area (Å²) in [5.41, 5.74) is 8.79. The number of hydrogen-bond donors (Lipinski definition) is 1. The molecule has 1 atom stereocenters. The first-order valence-corrected chi connectivity index (χ1v) is 12.2. The van der Waals surface area contributed by atoms with Crippen LogP contribution in [0.2, 0.25) is 5.02 Å². The number of rotatable bonds is 4. The smallest absolute Gasteiger partial charge is 0.253 e. The van der Waals surface area contributed by atoms with E-state index in [1.54, 1.807) is 29.4 Å². The van der Waals surface area contributed by atoms with Gasteiger partial charge in [0.2, 0.25) is 0 Å². The van der Waals surface area contributed by atoms with Crippen molar-refractivity contribution in [3.63, 3.8) is 0 Å². The van der Waals surface area contributed by atoms with Gasteiger partial charge in [-0.25, -0.2) is 0 Å². The number of benzene rings is 3. The van der Waals surface area contributed by atoms with E-state index in [1.165, 1.54) is 27.8 Å². The van der Waals surface area contributed by atoms with Crippen LogP contribution in [0.1, 0.15) is 51.9 Å². The average molecular weight is 481 g/mol. The fraction of sp³-hybridized carbons (Fsp3) is 0.207. The van der Waals surface area contributed by atoms with Crippen molar-refractivity contribution >= 4 is 23.1 Å². The Labute approximate surface area is 209 Å². The average Bonchev–Trinajstić information content (AvgIpc) is 3.52. The molecule has 6 rings (SSSR count). The van der Waals surface area contributed by atoms with E-state index in [9.17, 15) is 4.79 Å². The molecule has 3 aromatic carbocycles. The van der Waals surface area contributed by atoms with E-state index in [-0.39, 0.29) is 5.91 Å². The standard InChI is InChI=1S/C29H25ClN4O/c1-19-7-9-24-21(13-19)14-20-11-12-29(16-26(20)24,22-5-3-2-4-6-22)33-28(35)25-10-8-23(15-27(25)30)34-17-31-32-18-34/h2-10,13,15,17-18H,11-12,14,16H2,1H3,(H,33,35). The molecule has 1 amide bonds. The van der Waals surface area contributed by atoms with Crippen LogP contribution in [0, 0.1) is 6.92 Å². The van der Waals surface area contributed by atoms with Crippen LogP contribution in [0.5, 0.6) is 0 Å². The molecule has 0 aliphatic heterocycles. The fourth-order valence-corrected chi connectivity index (χ4v) is 5.81. The van der Waals surface area contributed by atoms with Crippen molar-refractivity contribution in [1.82, 2.24) is 20.1 Å². The van der Waals surface area contributed by atoms with Crippen LogP contribution in [0.3, 0.4) is 0 Å². The fourth-order valence-electron chi connectivity index (χ4n) is 5.55. The van der Waals surface area contributed by atoms with E-state index < -0.39 is 5.54 Å². The molecule has 0 saturated carbocycles. The van der Waals surface area contributed by atoms with Crippen LogP contribution in [0.25, 0.3) is 11.3 Å². The lowest BCUT2D eigenvalue weighted by Crippen LogP contribution is -2.47. The van der Waals surface area contributed by atoms with Gasteiger partial charge in [-0.3, -0.25) is 9.36 Å². The summed E-state index contributed by atoms with van der Waals surface area (Å²) in [6.45, 7) is 2.14. The molecule has 1 aromatic heterocycles. The van der Waals surface area contributed by atoms with E-state index in [4.69, 9.17) is 11.6 Å². The molecule has 0 radical (unpaired) electrons. The number of carbonyl (C=O) groups excluding carboxylic acids is 1. The van der Waals surface area contributed by atoms with Gasteiger partial charge < -0.3 is 5.32 Å². The maximum absolute atomic E-state index is 13.6. The van der Waals surface area contributed by atoms with Gasteiger partial charge in [-0.2, -0.15) is 0 Å². The van der Waals surface area contributed by atoms with Gasteiger partial charge in [-0.15, -0.1) is 10.2 Å². The van der Waals surface area contributed by atoms with Crippen molar-refractivity contribution in [3.8, 4) is 5.69 Å². The van der Waals surface area contributed by atoms with Crippen molar-refractivity contribution in [2.24, 2.45) is 0 Å². The minimum atomic E-state index is -0.500. The van der Waals surface area contributed by atoms with Crippen molar-refractivity contribution < 1.29 is 4.79 Å². The first-order valence-electron chi connectivity index (χ1n) is 11.9. The topological polar surface area (TPSA) is 59.8 Å². The summed E-state index contributed by atoms with van der Waals surface area (Å²) in [7, 11) is 0. The summed E-state index contributed by atoms with van der Waals surface area (Å²) in [5.74, 6) is -0.166. The molecule has 0 spiro atoms. The van der Waals surface area contributed by atoms with Gasteiger partial charge >= 0.3 is 0 Å². The molecule has 2 aliphatic carbocycles. The van der Waals surface area contributed by atoms with Crippen LogP contribution in [-0.2, 0) is 12.0 Å². The summed E-state index contributed by atoms with van der Waals surface area (Å²) in [4.78, 5) is 13.6. The highest BCUT2D eigenvalue weighted by Crippen LogP contribution is 2.49. The van der Waals surface area contributed by atoms with Crippen LogP contribution >= 0.6 is 11.6 Å². The molecule has 0 bridgehead atoms. The molecule has 5 nitrogen and oxygen atoms in total. The molecule has 1 N–H and O–H groups in total. The van der Waals surface area contributed by atoms with Crippen LogP contribution in [0.4, 0.5) is 0 Å². The number of nitrogens with one attached hydrogen (secondary N) is 1. The third kappa shape index (κ3) is 3.86. The monoisotopic (exact) mass is 480 g/mol. The summed E-state index contributed by atoms with van der Waals surface area (Å²) >= 11 is 6.60. The zero-order valence-corrected chi connectivity index (χ0v) is 20.2. The van der Waals surface area contributed by atoms with Crippen LogP contribution in [-0.4, -0.2) is 20.7 Å². The molecule has 174 valence electrons. The van der Waals surface area contributed by atoms with E-state index in [0.29, 0.717) is 10.6 Å². The number of amides is 1. The summed E-state index contributed by atoms with van der Waals surface area (Å²) in [6.07, 6.45) is 6.80. The zero-order chi connectivity index (χ0) is 24.0. The Morgan fingerprint density at radius 3 is 2.60 bits per heavy atom. The molecule has 6 heteroatoms. The number of aryl methyl sites for hydroxylation is 1. The molecule has 1 unspecified atom stereocenters. The number of halogens is 1. The first-order chi connectivity index (χ1) is 17.0. The van der Waals surface area contributed by atoms with Crippen molar-refractivity contribution in [3.05, 3.63) is 118 Å². The van der Waals surface area contributed by atoms with E-state index in [0.717, 1.165) is 36.9 Å². The molecule has 0 fully saturated rings. The van der Waals surface area contributed by atoms with Crippen molar-refractivity contribution in [1.29, 1.82) is 0 Å². The number of aromatic nitrogens is 3. The number of hydrogen-bond acceptors (Lipinski definition) is 3. The third-order valence-electron chi connectivity index (χ3n) is 7.34. The lowest BCUT2D eigenvalue weighted by molar-refractivity contribution is 0.0890. The van der Waals surface area contributed by atoms with Gasteiger partial charge in [-0.05, 0) is 66.6 Å². The van der Waals surface area contributed by atoms with Gasteiger partial charge in [0.25, 0.3) is 5.91 Å². The molecular weight excluding hydrogens is 456 g/mol. The number of nitrogens with zero attached hydrogens (tertiary/aromatic N) is 3. The summed E-state index contributed by atoms with van der Waals surface area (Å²) in [5, 5.41) is 11.5. The van der Waals surface area contributed by atoms with Crippen molar-refractivity contribution in [2.45, 2.75) is 38.1 Å². The highest BCUT2D eigenvalue weighted by molar-refractivity contribution is 6.34. The van der Waals surface area contributed by atoms with Crippen LogP contribution in [0.15, 0.2) is 85.0 Å². The van der Waals surface area contributed by atoms with Gasteiger partial charge in [0.1, 0.15) is 12.7 Å². The Balaban J connectivity index is 1.35. The molecule has 35 heavy (non-hydrogen) atoms. The maximum Gasteiger partial charge on any atom is 0.253 e. The molecule has 2 aliphatic rings. The van der Waals surface area contributed by atoms with Crippen LogP contribution < -0.4 is 5.32 Å². The SMILES string of the molecule is Cc1ccc2c(c1)CC1=C2CC(NC(=O)c2ccc(-n3cnnc3)cc2Cl)(c2ccccc2)CC1. The van der Waals surface area contributed by atoms with E-state index in [2.05, 4.69) is 52.8 Å². The Bertz CT molecular complexity index is 1460. The normalized spacial score (nSPS) is 18.8. The first kappa shape index (κ1) is 21.8. The predicted octanol–water partition coefficient (Wildman–Crippen LogP) is 6.05. The van der Waals surface area contributed by atoms with E-state index in [1.807, 2.05) is 24.3 Å². The second kappa shape index (κ2) is 8.51. The van der Waals surface area contributed by atoms with Crippen molar-refractivity contribution in [2.75, 3.05) is 0 Å². The second-order valence-electron chi connectivity index (χ2n) is 9.53. The maximum atomic E-state index is 13.6. The van der Waals surface area contributed by atoms with Gasteiger partial charge in [0.15, 0.2) is 0 Å². The lowest BCUT2D eigenvalue weighted by Gasteiger charge is -2.40.